The summed E-state index contributed by atoms with van der Waals surface area (Å²) in [6.45, 7) is 5.95. The van der Waals surface area contributed by atoms with Crippen LogP contribution in [0.5, 0.6) is 0 Å². The summed E-state index contributed by atoms with van der Waals surface area (Å²) in [6.07, 6.45) is 5.49. The fraction of sp³-hybridized carbons (Fsp3) is 0.444. The van der Waals surface area contributed by atoms with E-state index in [1.807, 2.05) is 46.0 Å². The number of hydrogen-bond donors (Lipinski definition) is 0. The number of pyridine rings is 3. The first kappa shape index (κ1) is 24.4. The zero-order chi connectivity index (χ0) is 25.2. The topological polar surface area (TPSA) is 96.4 Å². The Balaban J connectivity index is 1.59. The van der Waals surface area contributed by atoms with Crippen molar-refractivity contribution in [2.24, 2.45) is 18.1 Å². The molecule has 1 fully saturated rings. The molecule has 3 aromatic rings. The molecule has 8 heteroatoms. The quantitative estimate of drug-likeness (QED) is 0.403. The van der Waals surface area contributed by atoms with Crippen molar-refractivity contribution in [2.45, 2.75) is 58.1 Å². The summed E-state index contributed by atoms with van der Waals surface area (Å²) in [5, 5.41) is 13.9. The van der Waals surface area contributed by atoms with Crippen molar-refractivity contribution < 1.29 is 4.84 Å². The Kier molecular flexibility index (Phi) is 6.88. The summed E-state index contributed by atoms with van der Waals surface area (Å²) in [5.74, 6) is 0.237. The molecule has 1 aliphatic carbocycles. The van der Waals surface area contributed by atoms with Gasteiger partial charge in [-0.3, -0.25) is 9.78 Å². The van der Waals surface area contributed by atoms with E-state index in [2.05, 4.69) is 26.1 Å². The van der Waals surface area contributed by atoms with Crippen LogP contribution in [0.1, 0.15) is 57.8 Å². The zero-order valence-electron chi connectivity index (χ0n) is 21.0. The second kappa shape index (κ2) is 9.87. The number of nitriles is 1. The summed E-state index contributed by atoms with van der Waals surface area (Å²) >= 11 is 0. The summed E-state index contributed by atoms with van der Waals surface area (Å²) in [5.41, 5.74) is 3.75. The SMILES string of the molecule is Cn1c(=O)cc(N(C)[C@H]2CC[C@H](/C(=N/OC(C)(C)C)c3ccccn3)CC2)c2nc(C#N)ccc21. The van der Waals surface area contributed by atoms with Crippen LogP contribution in [0, 0.1) is 17.2 Å². The van der Waals surface area contributed by atoms with Gasteiger partial charge in [0.15, 0.2) is 0 Å². The van der Waals surface area contributed by atoms with Crippen molar-refractivity contribution in [3.63, 3.8) is 0 Å². The Morgan fingerprint density at radius 2 is 1.94 bits per heavy atom. The third-order valence-electron chi connectivity index (χ3n) is 6.54. The van der Waals surface area contributed by atoms with Crippen LogP contribution < -0.4 is 10.5 Å². The van der Waals surface area contributed by atoms with E-state index in [4.69, 9.17) is 4.84 Å². The highest BCUT2D eigenvalue weighted by atomic mass is 16.6. The average Bonchev–Trinajstić information content (AvgIpc) is 2.86. The van der Waals surface area contributed by atoms with E-state index in [0.29, 0.717) is 11.2 Å². The molecular weight excluding hydrogens is 440 g/mol. The molecule has 0 unspecified atom stereocenters. The fourth-order valence-electron chi connectivity index (χ4n) is 4.61. The van der Waals surface area contributed by atoms with E-state index in [1.54, 1.807) is 36.0 Å². The molecule has 0 amide bonds. The van der Waals surface area contributed by atoms with Gasteiger partial charge in [0.25, 0.3) is 5.56 Å². The minimum absolute atomic E-state index is 0.0940. The highest BCUT2D eigenvalue weighted by molar-refractivity contribution is 6.00. The lowest BCUT2D eigenvalue weighted by molar-refractivity contribution is -0.0000710. The molecule has 3 aromatic heterocycles. The maximum atomic E-state index is 12.7. The first-order valence-electron chi connectivity index (χ1n) is 12.0. The summed E-state index contributed by atoms with van der Waals surface area (Å²) in [7, 11) is 3.74. The van der Waals surface area contributed by atoms with Gasteiger partial charge in [-0.1, -0.05) is 11.2 Å². The largest absolute Gasteiger partial charge is 0.390 e. The number of hydrogen-bond acceptors (Lipinski definition) is 7. The molecular formula is C27H32N6O2. The van der Waals surface area contributed by atoms with Crippen LogP contribution in [0.25, 0.3) is 11.0 Å². The molecule has 3 heterocycles. The van der Waals surface area contributed by atoms with E-state index in [9.17, 15) is 10.1 Å². The van der Waals surface area contributed by atoms with E-state index >= 15 is 0 Å². The second-order valence-electron chi connectivity index (χ2n) is 10.1. The van der Waals surface area contributed by atoms with Crippen molar-refractivity contribution in [1.82, 2.24) is 14.5 Å². The zero-order valence-corrected chi connectivity index (χ0v) is 21.0. The van der Waals surface area contributed by atoms with Gasteiger partial charge < -0.3 is 14.3 Å². The van der Waals surface area contributed by atoms with E-state index in [-0.39, 0.29) is 23.1 Å². The van der Waals surface area contributed by atoms with Gasteiger partial charge in [0.05, 0.1) is 16.9 Å². The Bertz CT molecular complexity index is 1330. The van der Waals surface area contributed by atoms with Gasteiger partial charge in [-0.25, -0.2) is 4.98 Å². The third-order valence-corrected chi connectivity index (χ3v) is 6.54. The standard InChI is InChI=1S/C27H32N6O2/c1-27(2,3)35-31-25(21-8-6-7-15-29-21)18-9-12-20(13-10-18)32(4)23-16-24(34)33(5)22-14-11-19(17-28)30-26(22)23/h6-8,11,14-16,18,20H,9-10,12-13H2,1-5H3/b31-25-/t18-,20-. The number of nitrogens with zero attached hydrogens (tertiary/aromatic N) is 6. The molecule has 4 rings (SSSR count). The molecule has 182 valence electrons. The van der Waals surface area contributed by atoms with Crippen molar-refractivity contribution >= 4 is 22.4 Å². The van der Waals surface area contributed by atoms with Gasteiger partial charge in [-0.05, 0) is 70.7 Å². The highest BCUT2D eigenvalue weighted by Crippen LogP contribution is 2.34. The smallest absolute Gasteiger partial charge is 0.252 e. The highest BCUT2D eigenvalue weighted by Gasteiger charge is 2.30. The number of anilines is 1. The molecule has 1 aliphatic rings. The first-order chi connectivity index (χ1) is 16.7. The van der Waals surface area contributed by atoms with Crippen LogP contribution >= 0.6 is 0 Å². The first-order valence-corrected chi connectivity index (χ1v) is 12.0. The van der Waals surface area contributed by atoms with Crippen LogP contribution in [-0.4, -0.2) is 38.9 Å². The van der Waals surface area contributed by atoms with Crippen molar-refractivity contribution in [3.8, 4) is 6.07 Å². The lowest BCUT2D eigenvalue weighted by atomic mass is 9.81. The molecule has 0 N–H and O–H groups in total. The molecule has 35 heavy (non-hydrogen) atoms. The molecule has 1 saturated carbocycles. The molecule has 0 bridgehead atoms. The molecule has 0 radical (unpaired) electrons. The summed E-state index contributed by atoms with van der Waals surface area (Å²) in [4.78, 5) is 29.7. The van der Waals surface area contributed by atoms with E-state index in [0.717, 1.165) is 48.3 Å². The van der Waals surface area contributed by atoms with Gasteiger partial charge in [-0.15, -0.1) is 0 Å². The Morgan fingerprint density at radius 3 is 2.57 bits per heavy atom. The lowest BCUT2D eigenvalue weighted by Crippen LogP contribution is -2.38. The van der Waals surface area contributed by atoms with E-state index < -0.39 is 0 Å². The lowest BCUT2D eigenvalue weighted by Gasteiger charge is -2.36. The van der Waals surface area contributed by atoms with E-state index in [1.165, 1.54) is 0 Å². The summed E-state index contributed by atoms with van der Waals surface area (Å²) < 4.78 is 1.57. The maximum absolute atomic E-state index is 12.7. The van der Waals surface area contributed by atoms with Gasteiger partial charge in [0.1, 0.15) is 28.6 Å². The Morgan fingerprint density at radius 1 is 1.20 bits per heavy atom. The number of rotatable bonds is 5. The monoisotopic (exact) mass is 472 g/mol. The molecule has 0 aliphatic heterocycles. The third kappa shape index (κ3) is 5.35. The van der Waals surface area contributed by atoms with Gasteiger partial charge in [0.2, 0.25) is 0 Å². The van der Waals surface area contributed by atoms with Gasteiger partial charge in [-0.2, -0.15) is 5.26 Å². The number of oxime groups is 1. The van der Waals surface area contributed by atoms with Crippen molar-refractivity contribution in [1.29, 1.82) is 5.26 Å². The van der Waals surface area contributed by atoms with Crippen LogP contribution in [0.3, 0.4) is 0 Å². The van der Waals surface area contributed by atoms with Gasteiger partial charge >= 0.3 is 0 Å². The Labute approximate surface area is 205 Å². The summed E-state index contributed by atoms with van der Waals surface area (Å²) in [6, 6.07) is 13.3. The number of aryl methyl sites for hydroxylation is 1. The predicted molar refractivity (Wildman–Crippen MR) is 137 cm³/mol. The molecule has 0 spiro atoms. The number of fused-ring (bicyclic) bond motifs is 1. The van der Waals surface area contributed by atoms with Crippen molar-refractivity contribution in [3.05, 3.63) is 64.3 Å². The second-order valence-corrected chi connectivity index (χ2v) is 10.1. The van der Waals surface area contributed by atoms with Crippen LogP contribution in [0.4, 0.5) is 5.69 Å². The van der Waals surface area contributed by atoms with Crippen molar-refractivity contribution in [2.75, 3.05) is 11.9 Å². The Hall–Kier alpha value is -3.73. The normalized spacial score (nSPS) is 18.8. The molecule has 0 aromatic carbocycles. The maximum Gasteiger partial charge on any atom is 0.252 e. The molecule has 0 saturated heterocycles. The minimum Gasteiger partial charge on any atom is -0.390 e. The van der Waals surface area contributed by atoms with Crippen LogP contribution in [0.15, 0.2) is 52.5 Å². The van der Waals surface area contributed by atoms with Gasteiger partial charge in [0, 0.05) is 38.3 Å². The van der Waals surface area contributed by atoms with Crippen LogP contribution in [0.2, 0.25) is 0 Å². The molecule has 8 nitrogen and oxygen atoms in total. The average molecular weight is 473 g/mol. The number of aromatic nitrogens is 3. The predicted octanol–water partition coefficient (Wildman–Crippen LogP) is 4.41. The van der Waals surface area contributed by atoms with Crippen LogP contribution in [-0.2, 0) is 11.9 Å². The molecule has 0 atom stereocenters. The fourth-order valence-corrected chi connectivity index (χ4v) is 4.61. The minimum atomic E-state index is -0.382.